The minimum atomic E-state index is -0.372. The summed E-state index contributed by atoms with van der Waals surface area (Å²) in [7, 11) is 1.71. The Bertz CT molecular complexity index is 446. The first-order chi connectivity index (χ1) is 8.15. The van der Waals surface area contributed by atoms with E-state index >= 15 is 0 Å². The Morgan fingerprint density at radius 3 is 2.83 bits per heavy atom. The molecule has 0 spiro atoms. The summed E-state index contributed by atoms with van der Waals surface area (Å²) in [5.41, 5.74) is 2.78. The molecule has 0 aliphatic heterocycles. The molecule has 0 heterocycles. The predicted octanol–water partition coefficient (Wildman–Crippen LogP) is -0.742. The van der Waals surface area contributed by atoms with Crippen LogP contribution >= 0.6 is 0 Å². The summed E-state index contributed by atoms with van der Waals surface area (Å²) < 4.78 is 5.28. The Labute approximate surface area is 121 Å². The molecule has 3 heteroatoms. The Hall–Kier alpha value is -0.423. The van der Waals surface area contributed by atoms with Crippen molar-refractivity contribution in [2.45, 2.75) is 44.6 Å². The van der Waals surface area contributed by atoms with Crippen LogP contribution in [0.15, 0.2) is 18.2 Å². The van der Waals surface area contributed by atoms with Crippen LogP contribution in [0.2, 0.25) is 0 Å². The van der Waals surface area contributed by atoms with E-state index in [2.05, 4.69) is 19.1 Å². The normalized spacial score (nSPS) is 33.3. The van der Waals surface area contributed by atoms with Gasteiger partial charge in [-0.1, -0.05) is 19.4 Å². The fourth-order valence-electron chi connectivity index (χ4n) is 3.72. The fourth-order valence-corrected chi connectivity index (χ4v) is 3.72. The zero-order chi connectivity index (χ0) is 12.0. The molecule has 1 fully saturated rings. The molecule has 0 bridgehead atoms. The van der Waals surface area contributed by atoms with Gasteiger partial charge in [0.15, 0.2) is 0 Å². The number of benzene rings is 1. The van der Waals surface area contributed by atoms with E-state index in [1.807, 2.05) is 6.07 Å². The average molecular weight is 238 g/mol. The first-order valence-corrected chi connectivity index (χ1v) is 6.48. The van der Waals surface area contributed by atoms with E-state index in [0.29, 0.717) is 5.92 Å². The SMILES string of the molecule is COc1ccc2c(c1)CC[C@@]1(C)[C@H]([O-])CC[C@H]21.[Li+]. The molecule has 0 unspecified atom stereocenters. The molecule has 1 saturated carbocycles. The third kappa shape index (κ3) is 1.91. The number of hydrogen-bond donors (Lipinski definition) is 0. The Balaban J connectivity index is 0.00000120. The maximum Gasteiger partial charge on any atom is 1.00 e. The second-order valence-corrected chi connectivity index (χ2v) is 5.69. The van der Waals surface area contributed by atoms with Gasteiger partial charge in [-0.05, 0) is 53.9 Å². The first kappa shape index (κ1) is 14.0. The summed E-state index contributed by atoms with van der Waals surface area (Å²) in [6.45, 7) is 2.19. The van der Waals surface area contributed by atoms with Gasteiger partial charge < -0.3 is 9.84 Å². The number of aryl methyl sites for hydroxylation is 1. The predicted molar refractivity (Wildman–Crippen MR) is 65.2 cm³/mol. The minimum Gasteiger partial charge on any atom is -0.852 e. The van der Waals surface area contributed by atoms with Crippen LogP contribution in [0.3, 0.4) is 0 Å². The average Bonchev–Trinajstić information content (AvgIpc) is 2.65. The molecule has 0 amide bonds. The minimum absolute atomic E-state index is 0. The molecule has 1 aromatic carbocycles. The van der Waals surface area contributed by atoms with Crippen molar-refractivity contribution in [2.24, 2.45) is 5.41 Å². The summed E-state index contributed by atoms with van der Waals surface area (Å²) in [5, 5.41) is 12.1. The zero-order valence-corrected chi connectivity index (χ0v) is 11.5. The number of methoxy groups -OCH3 is 1. The summed E-state index contributed by atoms with van der Waals surface area (Å²) in [5.74, 6) is 1.41. The quantitative estimate of drug-likeness (QED) is 0.604. The number of hydrogen-bond acceptors (Lipinski definition) is 2. The summed E-state index contributed by atoms with van der Waals surface area (Å²) in [6, 6.07) is 6.35. The largest absolute Gasteiger partial charge is 1.00 e. The number of ether oxygens (including phenoxy) is 1. The van der Waals surface area contributed by atoms with Gasteiger partial charge in [-0.3, -0.25) is 0 Å². The molecule has 0 radical (unpaired) electrons. The smallest absolute Gasteiger partial charge is 0.852 e. The molecular formula is C15H19LiO2. The van der Waals surface area contributed by atoms with Crippen molar-refractivity contribution < 1.29 is 28.7 Å². The topological polar surface area (TPSA) is 32.3 Å². The van der Waals surface area contributed by atoms with Crippen molar-refractivity contribution in [3.05, 3.63) is 29.3 Å². The van der Waals surface area contributed by atoms with Crippen molar-refractivity contribution in [1.82, 2.24) is 0 Å². The van der Waals surface area contributed by atoms with Gasteiger partial charge in [-0.2, -0.15) is 0 Å². The zero-order valence-electron chi connectivity index (χ0n) is 11.5. The van der Waals surface area contributed by atoms with Gasteiger partial charge in [-0.25, -0.2) is 0 Å². The molecule has 2 aliphatic carbocycles. The Morgan fingerprint density at radius 2 is 2.11 bits per heavy atom. The molecule has 2 nitrogen and oxygen atoms in total. The summed E-state index contributed by atoms with van der Waals surface area (Å²) in [4.78, 5) is 0. The van der Waals surface area contributed by atoms with Crippen molar-refractivity contribution in [1.29, 1.82) is 0 Å². The third-order valence-electron chi connectivity index (χ3n) is 4.91. The second kappa shape index (κ2) is 4.93. The van der Waals surface area contributed by atoms with Crippen LogP contribution in [0.4, 0.5) is 0 Å². The number of fused-ring (bicyclic) bond motifs is 3. The fraction of sp³-hybridized carbons (Fsp3) is 0.600. The molecule has 0 saturated heterocycles. The Kier molecular flexibility index (Phi) is 3.83. The van der Waals surface area contributed by atoms with E-state index < -0.39 is 0 Å². The molecule has 1 aromatic rings. The maximum absolute atomic E-state index is 12.1. The van der Waals surface area contributed by atoms with Crippen LogP contribution in [-0.4, -0.2) is 13.2 Å². The molecular weight excluding hydrogens is 219 g/mol. The molecule has 0 aromatic heterocycles. The van der Waals surface area contributed by atoms with Gasteiger partial charge in [0.25, 0.3) is 0 Å². The molecule has 0 N–H and O–H groups in total. The van der Waals surface area contributed by atoms with Gasteiger partial charge >= 0.3 is 18.9 Å². The number of rotatable bonds is 1. The van der Waals surface area contributed by atoms with E-state index in [9.17, 15) is 5.11 Å². The van der Waals surface area contributed by atoms with E-state index in [1.165, 1.54) is 11.1 Å². The van der Waals surface area contributed by atoms with E-state index in [1.54, 1.807) is 7.11 Å². The standard InChI is InChI=1S/C15H19O2.Li/c1-15-8-7-10-9-11(17-2)3-4-12(10)13(15)5-6-14(15)16;/h3-4,9,13-14H,5-8H2,1-2H3;/q-1;+1/t13-,14-,15-;/m1./s1. The van der Waals surface area contributed by atoms with Gasteiger partial charge in [0.1, 0.15) is 5.75 Å². The van der Waals surface area contributed by atoms with Gasteiger partial charge in [0.05, 0.1) is 7.11 Å². The van der Waals surface area contributed by atoms with Gasteiger partial charge in [-0.15, -0.1) is 6.10 Å². The van der Waals surface area contributed by atoms with Crippen LogP contribution in [0.25, 0.3) is 0 Å². The maximum atomic E-state index is 12.1. The van der Waals surface area contributed by atoms with Crippen molar-refractivity contribution in [2.75, 3.05) is 7.11 Å². The monoisotopic (exact) mass is 238 g/mol. The van der Waals surface area contributed by atoms with Crippen molar-refractivity contribution >= 4 is 0 Å². The van der Waals surface area contributed by atoms with Crippen LogP contribution in [-0.2, 0) is 6.42 Å². The third-order valence-corrected chi connectivity index (χ3v) is 4.91. The van der Waals surface area contributed by atoms with E-state index in [4.69, 9.17) is 4.74 Å². The van der Waals surface area contributed by atoms with E-state index in [0.717, 1.165) is 31.4 Å². The summed E-state index contributed by atoms with van der Waals surface area (Å²) in [6.07, 6.45) is 3.59. The van der Waals surface area contributed by atoms with Crippen LogP contribution in [0.1, 0.15) is 43.2 Å². The summed E-state index contributed by atoms with van der Waals surface area (Å²) >= 11 is 0. The van der Waals surface area contributed by atoms with E-state index in [-0.39, 0.29) is 30.4 Å². The van der Waals surface area contributed by atoms with Crippen LogP contribution in [0, 0.1) is 5.41 Å². The first-order valence-electron chi connectivity index (χ1n) is 6.48. The van der Waals surface area contributed by atoms with Crippen LogP contribution < -0.4 is 28.7 Å². The van der Waals surface area contributed by atoms with Gasteiger partial charge in [0, 0.05) is 0 Å². The van der Waals surface area contributed by atoms with Crippen molar-refractivity contribution in [3.8, 4) is 5.75 Å². The molecule has 2 aliphatic rings. The second-order valence-electron chi connectivity index (χ2n) is 5.69. The molecule has 92 valence electrons. The molecule has 18 heavy (non-hydrogen) atoms. The van der Waals surface area contributed by atoms with Gasteiger partial charge in [0.2, 0.25) is 0 Å². The van der Waals surface area contributed by atoms with Crippen LogP contribution in [0.5, 0.6) is 5.75 Å². The molecule has 3 rings (SSSR count). The Morgan fingerprint density at radius 1 is 1.33 bits per heavy atom. The van der Waals surface area contributed by atoms with Crippen molar-refractivity contribution in [3.63, 3.8) is 0 Å². The molecule has 3 atom stereocenters.